The molecule has 0 fully saturated rings. The van der Waals surface area contributed by atoms with Crippen LogP contribution in [0.25, 0.3) is 0 Å². The van der Waals surface area contributed by atoms with Gasteiger partial charge < -0.3 is 5.32 Å². The SMILES string of the molecule is Cc1cc(C)cc(NC(=O)CCNS(=O)(=O)c2cccc(Cl)c2)c1. The molecular formula is C17H19ClN2O3S. The average Bonchev–Trinajstić information content (AvgIpc) is 2.45. The highest BCUT2D eigenvalue weighted by Gasteiger charge is 2.14. The van der Waals surface area contributed by atoms with E-state index >= 15 is 0 Å². The summed E-state index contributed by atoms with van der Waals surface area (Å²) < 4.78 is 26.6. The van der Waals surface area contributed by atoms with Crippen molar-refractivity contribution in [1.82, 2.24) is 4.72 Å². The first-order valence-corrected chi connectivity index (χ1v) is 9.26. The molecule has 24 heavy (non-hydrogen) atoms. The summed E-state index contributed by atoms with van der Waals surface area (Å²) in [6.45, 7) is 3.90. The van der Waals surface area contributed by atoms with Crippen LogP contribution in [0, 0.1) is 13.8 Å². The molecule has 0 aliphatic carbocycles. The minimum atomic E-state index is -3.68. The molecule has 0 heterocycles. The van der Waals surface area contributed by atoms with E-state index in [4.69, 9.17) is 11.6 Å². The lowest BCUT2D eigenvalue weighted by molar-refractivity contribution is -0.116. The molecule has 0 unspecified atom stereocenters. The number of anilines is 1. The number of hydrogen-bond acceptors (Lipinski definition) is 3. The minimum Gasteiger partial charge on any atom is -0.326 e. The molecule has 7 heteroatoms. The van der Waals surface area contributed by atoms with Crippen LogP contribution >= 0.6 is 11.6 Å². The third-order valence-electron chi connectivity index (χ3n) is 3.26. The topological polar surface area (TPSA) is 75.3 Å². The van der Waals surface area contributed by atoms with E-state index in [1.54, 1.807) is 12.1 Å². The van der Waals surface area contributed by atoms with Gasteiger partial charge in [-0.1, -0.05) is 23.7 Å². The van der Waals surface area contributed by atoms with Gasteiger partial charge in [-0.3, -0.25) is 4.79 Å². The summed E-state index contributed by atoms with van der Waals surface area (Å²) in [5, 5.41) is 3.10. The second kappa shape index (κ2) is 7.79. The summed E-state index contributed by atoms with van der Waals surface area (Å²) in [4.78, 5) is 12.0. The van der Waals surface area contributed by atoms with E-state index in [-0.39, 0.29) is 23.8 Å². The second-order valence-electron chi connectivity index (χ2n) is 5.53. The van der Waals surface area contributed by atoms with E-state index in [0.29, 0.717) is 10.7 Å². The number of nitrogens with one attached hydrogen (secondary N) is 2. The van der Waals surface area contributed by atoms with Crippen molar-refractivity contribution in [2.24, 2.45) is 0 Å². The second-order valence-corrected chi connectivity index (χ2v) is 7.73. The van der Waals surface area contributed by atoms with Crippen LogP contribution in [0.1, 0.15) is 17.5 Å². The minimum absolute atomic E-state index is 0.00543. The highest BCUT2D eigenvalue weighted by Crippen LogP contribution is 2.16. The van der Waals surface area contributed by atoms with Crippen LogP contribution in [0.4, 0.5) is 5.69 Å². The number of benzene rings is 2. The molecule has 2 N–H and O–H groups in total. The zero-order chi connectivity index (χ0) is 17.7. The van der Waals surface area contributed by atoms with E-state index in [9.17, 15) is 13.2 Å². The molecule has 0 atom stereocenters. The normalized spacial score (nSPS) is 11.3. The van der Waals surface area contributed by atoms with Crippen molar-refractivity contribution in [3.8, 4) is 0 Å². The van der Waals surface area contributed by atoms with Crippen LogP contribution in [0.3, 0.4) is 0 Å². The Morgan fingerprint density at radius 2 is 1.75 bits per heavy atom. The van der Waals surface area contributed by atoms with Crippen molar-refractivity contribution in [3.63, 3.8) is 0 Å². The molecule has 0 bridgehead atoms. The molecule has 1 amide bonds. The van der Waals surface area contributed by atoms with Gasteiger partial charge in [0.2, 0.25) is 15.9 Å². The van der Waals surface area contributed by atoms with Gasteiger partial charge in [0.1, 0.15) is 0 Å². The fourth-order valence-electron chi connectivity index (χ4n) is 2.29. The molecule has 0 radical (unpaired) electrons. The summed E-state index contributed by atoms with van der Waals surface area (Å²) >= 11 is 5.79. The molecule has 0 aliphatic heterocycles. The van der Waals surface area contributed by atoms with Gasteiger partial charge in [-0.25, -0.2) is 13.1 Å². The van der Waals surface area contributed by atoms with Gasteiger partial charge in [-0.2, -0.15) is 0 Å². The fourth-order valence-corrected chi connectivity index (χ4v) is 3.62. The van der Waals surface area contributed by atoms with E-state index < -0.39 is 10.0 Å². The quantitative estimate of drug-likeness (QED) is 0.823. The predicted octanol–water partition coefficient (Wildman–Crippen LogP) is 3.26. The molecule has 128 valence electrons. The van der Waals surface area contributed by atoms with Crippen molar-refractivity contribution in [1.29, 1.82) is 0 Å². The van der Waals surface area contributed by atoms with Crippen LogP contribution in [-0.2, 0) is 14.8 Å². The maximum absolute atomic E-state index is 12.1. The molecule has 2 rings (SSSR count). The summed E-state index contributed by atoms with van der Waals surface area (Å²) in [7, 11) is -3.68. The van der Waals surface area contributed by atoms with Crippen LogP contribution in [-0.4, -0.2) is 20.9 Å². The first kappa shape index (κ1) is 18.4. The van der Waals surface area contributed by atoms with E-state index in [2.05, 4.69) is 10.0 Å². The molecule has 0 spiro atoms. The van der Waals surface area contributed by atoms with Gasteiger partial charge in [0, 0.05) is 23.7 Å². The number of rotatable bonds is 6. The highest BCUT2D eigenvalue weighted by atomic mass is 35.5. The third kappa shape index (κ3) is 5.33. The largest absolute Gasteiger partial charge is 0.326 e. The lowest BCUT2D eigenvalue weighted by atomic mass is 10.1. The highest BCUT2D eigenvalue weighted by molar-refractivity contribution is 7.89. The van der Waals surface area contributed by atoms with Crippen molar-refractivity contribution >= 4 is 33.2 Å². The molecular weight excluding hydrogens is 348 g/mol. The zero-order valence-corrected chi connectivity index (χ0v) is 15.0. The summed E-state index contributed by atoms with van der Waals surface area (Å²) in [5.41, 5.74) is 2.80. The predicted molar refractivity (Wildman–Crippen MR) is 95.8 cm³/mol. The third-order valence-corrected chi connectivity index (χ3v) is 4.95. The Hall–Kier alpha value is -1.89. The van der Waals surface area contributed by atoms with Crippen molar-refractivity contribution < 1.29 is 13.2 Å². The van der Waals surface area contributed by atoms with Gasteiger partial charge in [0.05, 0.1) is 4.90 Å². The Labute approximate surface area is 147 Å². The molecule has 0 saturated heterocycles. The maximum atomic E-state index is 12.1. The van der Waals surface area contributed by atoms with Gasteiger partial charge in [0.25, 0.3) is 0 Å². The number of carbonyl (C=O) groups excluding carboxylic acids is 1. The average molecular weight is 367 g/mol. The van der Waals surface area contributed by atoms with Crippen molar-refractivity contribution in [2.45, 2.75) is 25.2 Å². The van der Waals surface area contributed by atoms with Gasteiger partial charge in [-0.15, -0.1) is 0 Å². The number of amides is 1. The van der Waals surface area contributed by atoms with Gasteiger partial charge in [0.15, 0.2) is 0 Å². The Morgan fingerprint density at radius 1 is 1.08 bits per heavy atom. The lowest BCUT2D eigenvalue weighted by Crippen LogP contribution is -2.27. The maximum Gasteiger partial charge on any atom is 0.240 e. The number of aryl methyl sites for hydroxylation is 2. The van der Waals surface area contributed by atoms with Crippen molar-refractivity contribution in [2.75, 3.05) is 11.9 Å². The van der Waals surface area contributed by atoms with Crippen LogP contribution in [0.15, 0.2) is 47.4 Å². The summed E-state index contributed by atoms with van der Waals surface area (Å²) in [6, 6.07) is 11.7. The number of sulfonamides is 1. The first-order valence-electron chi connectivity index (χ1n) is 7.40. The van der Waals surface area contributed by atoms with E-state index in [1.165, 1.54) is 12.1 Å². The molecule has 2 aromatic rings. The molecule has 0 saturated carbocycles. The van der Waals surface area contributed by atoms with E-state index in [1.807, 2.05) is 32.0 Å². The lowest BCUT2D eigenvalue weighted by Gasteiger charge is -2.09. The Bertz CT molecular complexity index is 830. The Kier molecular flexibility index (Phi) is 5.99. The summed E-state index contributed by atoms with van der Waals surface area (Å²) in [6.07, 6.45) is 0.0345. The first-order chi connectivity index (χ1) is 11.3. The van der Waals surface area contributed by atoms with Crippen LogP contribution in [0.2, 0.25) is 5.02 Å². The van der Waals surface area contributed by atoms with Crippen LogP contribution in [0.5, 0.6) is 0 Å². The number of hydrogen-bond donors (Lipinski definition) is 2. The van der Waals surface area contributed by atoms with Crippen LogP contribution < -0.4 is 10.0 Å². The molecule has 0 aromatic heterocycles. The fraction of sp³-hybridized carbons (Fsp3) is 0.235. The van der Waals surface area contributed by atoms with Gasteiger partial charge in [-0.05, 0) is 55.3 Å². The zero-order valence-electron chi connectivity index (χ0n) is 13.5. The Morgan fingerprint density at radius 3 is 2.38 bits per heavy atom. The standard InChI is InChI=1S/C17H19ClN2O3S/c1-12-8-13(2)10-15(9-12)20-17(21)6-7-19-24(22,23)16-5-3-4-14(18)11-16/h3-5,8-11,19H,6-7H2,1-2H3,(H,20,21). The molecule has 2 aromatic carbocycles. The number of halogens is 1. The Balaban J connectivity index is 1.90. The molecule has 5 nitrogen and oxygen atoms in total. The smallest absolute Gasteiger partial charge is 0.240 e. The number of carbonyl (C=O) groups is 1. The van der Waals surface area contributed by atoms with E-state index in [0.717, 1.165) is 11.1 Å². The van der Waals surface area contributed by atoms with Crippen molar-refractivity contribution in [3.05, 3.63) is 58.6 Å². The molecule has 0 aliphatic rings. The monoisotopic (exact) mass is 366 g/mol. The summed E-state index contributed by atoms with van der Waals surface area (Å²) in [5.74, 6) is -0.256. The van der Waals surface area contributed by atoms with Gasteiger partial charge >= 0.3 is 0 Å².